The molecule has 1 aliphatic rings. The van der Waals surface area contributed by atoms with E-state index in [0.29, 0.717) is 62.1 Å². The number of aliphatic hydroxyl groups excluding tert-OH is 1. The van der Waals surface area contributed by atoms with Crippen molar-refractivity contribution in [3.05, 3.63) is 65.1 Å². The molecule has 1 aliphatic heterocycles. The molecule has 5 nitrogen and oxygen atoms in total. The number of fused-ring (bicyclic) bond motifs is 1. The minimum atomic E-state index is -1.50. The topological polar surface area (TPSA) is 57.6 Å². The van der Waals surface area contributed by atoms with E-state index in [-0.39, 0.29) is 29.8 Å². The Balaban J connectivity index is 1.34. The number of pyridine rings is 1. The highest BCUT2D eigenvalue weighted by atomic mass is 19.2. The lowest BCUT2D eigenvalue weighted by atomic mass is 9.74. The molecule has 2 aromatic carbocycles. The van der Waals surface area contributed by atoms with E-state index < -0.39 is 35.7 Å². The van der Waals surface area contributed by atoms with Crippen LogP contribution in [0.3, 0.4) is 0 Å². The first-order chi connectivity index (χ1) is 18.3. The molecule has 1 saturated heterocycles. The zero-order chi connectivity index (χ0) is 27.3. The van der Waals surface area contributed by atoms with E-state index in [4.69, 9.17) is 4.74 Å². The van der Waals surface area contributed by atoms with Crippen molar-refractivity contribution in [1.82, 2.24) is 9.88 Å². The van der Waals surface area contributed by atoms with Crippen molar-refractivity contribution in [2.45, 2.75) is 38.5 Å². The Morgan fingerprint density at radius 1 is 1.13 bits per heavy atom. The van der Waals surface area contributed by atoms with Gasteiger partial charge in [0, 0.05) is 60.2 Å². The van der Waals surface area contributed by atoms with Crippen LogP contribution in [0.25, 0.3) is 10.9 Å². The SMILES string of the molecule is COc1ccc2ncc(CF)c([C@@H](F)CCC3(CO)CCN(CCNc4cc(F)c(F)c(F)c4)CC3)c2c1. The van der Waals surface area contributed by atoms with Gasteiger partial charge in [-0.2, -0.15) is 0 Å². The van der Waals surface area contributed by atoms with Crippen LogP contribution in [0, 0.1) is 22.9 Å². The molecule has 206 valence electrons. The molecule has 0 radical (unpaired) electrons. The first kappa shape index (κ1) is 28.0. The summed E-state index contributed by atoms with van der Waals surface area (Å²) in [5.74, 6) is -3.46. The maximum atomic E-state index is 15.7. The van der Waals surface area contributed by atoms with E-state index in [1.807, 2.05) is 0 Å². The highest BCUT2D eigenvalue weighted by Crippen LogP contribution is 2.41. The van der Waals surface area contributed by atoms with Crippen LogP contribution in [-0.4, -0.2) is 54.9 Å². The minimum Gasteiger partial charge on any atom is -0.497 e. The lowest BCUT2D eigenvalue weighted by Crippen LogP contribution is -2.43. The monoisotopic (exact) mass is 537 g/mol. The molecule has 0 amide bonds. The number of hydrogen-bond acceptors (Lipinski definition) is 5. The molecular weight excluding hydrogens is 505 g/mol. The summed E-state index contributed by atoms with van der Waals surface area (Å²) in [5, 5.41) is 13.6. The Morgan fingerprint density at radius 3 is 2.47 bits per heavy atom. The second-order valence-corrected chi connectivity index (χ2v) is 9.90. The fraction of sp³-hybridized carbons (Fsp3) is 0.464. The van der Waals surface area contributed by atoms with Gasteiger partial charge in [0.25, 0.3) is 0 Å². The number of methoxy groups -OCH3 is 1. The molecule has 0 saturated carbocycles. The van der Waals surface area contributed by atoms with Gasteiger partial charge in [-0.05, 0) is 62.4 Å². The van der Waals surface area contributed by atoms with Crippen LogP contribution >= 0.6 is 0 Å². The number of benzene rings is 2. The summed E-state index contributed by atoms with van der Waals surface area (Å²) in [5.41, 5.74) is 0.756. The summed E-state index contributed by atoms with van der Waals surface area (Å²) in [6.07, 6.45) is 1.81. The molecule has 4 rings (SSSR count). The third-order valence-electron chi connectivity index (χ3n) is 7.58. The van der Waals surface area contributed by atoms with Crippen LogP contribution in [0.15, 0.2) is 36.5 Å². The molecule has 3 aromatic rings. The highest BCUT2D eigenvalue weighted by molar-refractivity contribution is 5.85. The third-order valence-corrected chi connectivity index (χ3v) is 7.58. The normalized spacial score (nSPS) is 16.5. The van der Waals surface area contributed by atoms with Gasteiger partial charge < -0.3 is 20.1 Å². The molecule has 1 aromatic heterocycles. The summed E-state index contributed by atoms with van der Waals surface area (Å²) >= 11 is 0. The van der Waals surface area contributed by atoms with Crippen molar-refractivity contribution in [1.29, 1.82) is 0 Å². The number of hydrogen-bond donors (Lipinski definition) is 2. The molecule has 0 spiro atoms. The first-order valence-electron chi connectivity index (χ1n) is 12.7. The van der Waals surface area contributed by atoms with Gasteiger partial charge in [0.2, 0.25) is 0 Å². The number of rotatable bonds is 11. The summed E-state index contributed by atoms with van der Waals surface area (Å²) in [6.45, 7) is 1.39. The highest BCUT2D eigenvalue weighted by Gasteiger charge is 2.35. The Bertz CT molecular complexity index is 1220. The number of nitrogens with one attached hydrogen (secondary N) is 1. The number of nitrogens with zero attached hydrogens (tertiary/aromatic N) is 2. The molecule has 38 heavy (non-hydrogen) atoms. The van der Waals surface area contributed by atoms with Gasteiger partial charge in [0.05, 0.1) is 12.6 Å². The number of aromatic nitrogens is 1. The largest absolute Gasteiger partial charge is 0.497 e. The van der Waals surface area contributed by atoms with Crippen LogP contribution in [0.4, 0.5) is 27.6 Å². The van der Waals surface area contributed by atoms with Crippen LogP contribution in [0.2, 0.25) is 0 Å². The van der Waals surface area contributed by atoms with Crippen LogP contribution < -0.4 is 10.1 Å². The minimum absolute atomic E-state index is 0.0825. The van der Waals surface area contributed by atoms with E-state index in [1.54, 1.807) is 18.2 Å². The van der Waals surface area contributed by atoms with Crippen molar-refractivity contribution < 1.29 is 31.8 Å². The Morgan fingerprint density at radius 2 is 1.84 bits per heavy atom. The summed E-state index contributed by atoms with van der Waals surface area (Å²) in [6, 6.07) is 6.94. The number of aliphatic hydroxyl groups is 1. The van der Waals surface area contributed by atoms with Crippen molar-refractivity contribution in [3.63, 3.8) is 0 Å². The zero-order valence-electron chi connectivity index (χ0n) is 21.3. The molecular formula is C28H32F5N3O2. The van der Waals surface area contributed by atoms with Gasteiger partial charge in [-0.15, -0.1) is 0 Å². The summed E-state index contributed by atoms with van der Waals surface area (Å²) in [7, 11) is 1.51. The van der Waals surface area contributed by atoms with Crippen molar-refractivity contribution >= 4 is 16.6 Å². The average molecular weight is 538 g/mol. The molecule has 2 N–H and O–H groups in total. The first-order valence-corrected chi connectivity index (χ1v) is 12.7. The van der Waals surface area contributed by atoms with Gasteiger partial charge in [0.15, 0.2) is 17.5 Å². The van der Waals surface area contributed by atoms with Gasteiger partial charge in [-0.1, -0.05) is 0 Å². The number of anilines is 1. The summed E-state index contributed by atoms with van der Waals surface area (Å²) in [4.78, 5) is 6.39. The maximum Gasteiger partial charge on any atom is 0.194 e. The fourth-order valence-corrected chi connectivity index (χ4v) is 5.17. The quantitative estimate of drug-likeness (QED) is 0.228. The smallest absolute Gasteiger partial charge is 0.194 e. The van der Waals surface area contributed by atoms with E-state index in [2.05, 4.69) is 15.2 Å². The van der Waals surface area contributed by atoms with E-state index >= 15 is 4.39 Å². The van der Waals surface area contributed by atoms with Crippen molar-refractivity contribution in [2.24, 2.45) is 5.41 Å². The number of piperidine rings is 1. The van der Waals surface area contributed by atoms with Crippen molar-refractivity contribution in [2.75, 3.05) is 45.2 Å². The van der Waals surface area contributed by atoms with Gasteiger partial charge in [0.1, 0.15) is 18.6 Å². The maximum absolute atomic E-state index is 15.7. The number of likely N-dealkylation sites (tertiary alicyclic amines) is 1. The summed E-state index contributed by atoms with van der Waals surface area (Å²) < 4.78 is 74.6. The third kappa shape index (κ3) is 6.18. The predicted molar refractivity (Wildman–Crippen MR) is 136 cm³/mol. The van der Waals surface area contributed by atoms with E-state index in [9.17, 15) is 22.7 Å². The molecule has 0 bridgehead atoms. The Hall–Kier alpha value is -2.98. The average Bonchev–Trinajstić information content (AvgIpc) is 2.94. The van der Waals surface area contributed by atoms with Gasteiger partial charge in [-0.3, -0.25) is 4.98 Å². The van der Waals surface area contributed by atoms with Gasteiger partial charge in [-0.25, -0.2) is 22.0 Å². The number of alkyl halides is 2. The molecule has 1 fully saturated rings. The van der Waals surface area contributed by atoms with Crippen molar-refractivity contribution in [3.8, 4) is 5.75 Å². The van der Waals surface area contributed by atoms with Gasteiger partial charge >= 0.3 is 0 Å². The van der Waals surface area contributed by atoms with Crippen LogP contribution in [0.5, 0.6) is 5.75 Å². The van der Waals surface area contributed by atoms with Crippen LogP contribution in [-0.2, 0) is 6.67 Å². The van der Waals surface area contributed by atoms with Crippen LogP contribution in [0.1, 0.15) is 43.0 Å². The molecule has 2 heterocycles. The molecule has 0 unspecified atom stereocenters. The second kappa shape index (κ2) is 12.3. The second-order valence-electron chi connectivity index (χ2n) is 9.90. The fourth-order valence-electron chi connectivity index (χ4n) is 5.17. The lowest BCUT2D eigenvalue weighted by molar-refractivity contribution is 0.0315. The lowest BCUT2D eigenvalue weighted by Gasteiger charge is -2.41. The molecule has 1 atom stereocenters. The standard InChI is InChI=1S/C28H32F5N3O2/c1-38-20-2-3-25-21(14-20)26(18(15-29)16-35-25)22(30)4-5-28(17-37)6-9-36(10-7-28)11-8-34-19-12-23(31)27(33)24(32)13-19/h2-3,12-14,16,22,34,37H,4-11,15,17H2,1H3/t22-/m0/s1. The zero-order valence-corrected chi connectivity index (χ0v) is 21.3. The number of ether oxygens (including phenoxy) is 1. The Kier molecular flexibility index (Phi) is 9.04. The number of halogens is 5. The predicted octanol–water partition coefficient (Wildman–Crippen LogP) is 6.11. The van der Waals surface area contributed by atoms with E-state index in [0.717, 1.165) is 12.1 Å². The Labute approximate surface area is 218 Å². The molecule has 10 heteroatoms. The van der Waals surface area contributed by atoms with E-state index in [1.165, 1.54) is 13.3 Å². The molecule has 0 aliphatic carbocycles.